The van der Waals surface area contributed by atoms with Crippen molar-refractivity contribution in [1.29, 1.82) is 0 Å². The smallest absolute Gasteiger partial charge is 0.273 e. The predicted molar refractivity (Wildman–Crippen MR) is 154 cm³/mol. The van der Waals surface area contributed by atoms with Crippen molar-refractivity contribution in [2.24, 2.45) is 0 Å². The van der Waals surface area contributed by atoms with E-state index in [9.17, 15) is 19.7 Å². The molecule has 208 valence electrons. The van der Waals surface area contributed by atoms with Crippen molar-refractivity contribution in [3.05, 3.63) is 105 Å². The molecule has 0 spiro atoms. The zero-order valence-corrected chi connectivity index (χ0v) is 23.1. The van der Waals surface area contributed by atoms with Crippen molar-refractivity contribution in [1.82, 2.24) is 14.8 Å². The molecule has 2 amide bonds. The molecule has 4 rings (SSSR count). The number of H-pyrrole nitrogens is 1. The van der Waals surface area contributed by atoms with Crippen LogP contribution in [0.3, 0.4) is 0 Å². The van der Waals surface area contributed by atoms with Gasteiger partial charge in [0.15, 0.2) is 0 Å². The summed E-state index contributed by atoms with van der Waals surface area (Å²) in [6.45, 7) is 4.61. The van der Waals surface area contributed by atoms with Gasteiger partial charge in [0.05, 0.1) is 12.0 Å². The number of nitro groups is 1. The Hall–Kier alpha value is -4.66. The number of ether oxygens (including phenoxy) is 1. The van der Waals surface area contributed by atoms with Crippen molar-refractivity contribution in [2.45, 2.75) is 33.2 Å². The molecule has 0 aliphatic rings. The lowest BCUT2D eigenvalue weighted by Crippen LogP contribution is -2.43. The molecule has 0 atom stereocenters. The highest BCUT2D eigenvalue weighted by atomic mass is 16.6. The first-order chi connectivity index (χ1) is 19.3. The number of hydrogen-bond acceptors (Lipinski definition) is 5. The summed E-state index contributed by atoms with van der Waals surface area (Å²) in [6, 6.07) is 20.0. The largest absolute Gasteiger partial charge is 0.497 e. The zero-order chi connectivity index (χ0) is 28.6. The molecule has 0 saturated carbocycles. The summed E-state index contributed by atoms with van der Waals surface area (Å²) in [5, 5.41) is 12.5. The number of aromatic amines is 1. The van der Waals surface area contributed by atoms with Gasteiger partial charge in [0.25, 0.3) is 11.6 Å². The van der Waals surface area contributed by atoms with E-state index in [1.807, 2.05) is 55.6 Å². The van der Waals surface area contributed by atoms with Gasteiger partial charge < -0.3 is 19.5 Å². The van der Waals surface area contributed by atoms with Crippen molar-refractivity contribution in [3.63, 3.8) is 0 Å². The number of aryl methyl sites for hydroxylation is 1. The van der Waals surface area contributed by atoms with Crippen LogP contribution in [0.1, 0.15) is 40.4 Å². The fourth-order valence-electron chi connectivity index (χ4n) is 4.74. The fraction of sp³-hybridized carbons (Fsp3) is 0.290. The van der Waals surface area contributed by atoms with E-state index in [0.29, 0.717) is 38.0 Å². The molecular weight excluding hydrogens is 508 g/mol. The average molecular weight is 543 g/mol. The highest BCUT2D eigenvalue weighted by Gasteiger charge is 2.24. The molecule has 1 aromatic heterocycles. The Morgan fingerprint density at radius 2 is 1.75 bits per heavy atom. The highest BCUT2D eigenvalue weighted by molar-refractivity contribution is 5.97. The first kappa shape index (κ1) is 28.4. The number of aromatic nitrogens is 1. The number of nitrogens with one attached hydrogen (secondary N) is 1. The van der Waals surface area contributed by atoms with E-state index in [1.54, 1.807) is 31.1 Å². The van der Waals surface area contributed by atoms with Gasteiger partial charge in [-0.25, -0.2) is 0 Å². The van der Waals surface area contributed by atoms with Crippen molar-refractivity contribution in [2.75, 3.05) is 26.7 Å². The van der Waals surface area contributed by atoms with Crippen LogP contribution >= 0.6 is 0 Å². The number of para-hydroxylation sites is 1. The number of carbonyl (C=O) groups excluding carboxylic acids is 2. The Labute approximate surface area is 233 Å². The molecule has 0 bridgehead atoms. The maximum Gasteiger partial charge on any atom is 0.273 e. The van der Waals surface area contributed by atoms with Gasteiger partial charge in [-0.3, -0.25) is 19.7 Å². The normalized spacial score (nSPS) is 10.9. The first-order valence-electron chi connectivity index (χ1n) is 13.3. The minimum Gasteiger partial charge on any atom is -0.497 e. The molecule has 1 heterocycles. The molecule has 1 N–H and O–H groups in total. The van der Waals surface area contributed by atoms with Crippen LogP contribution in [-0.4, -0.2) is 58.3 Å². The number of benzene rings is 3. The maximum absolute atomic E-state index is 13.7. The van der Waals surface area contributed by atoms with Gasteiger partial charge in [0, 0.05) is 53.9 Å². The van der Waals surface area contributed by atoms with Gasteiger partial charge in [-0.15, -0.1) is 0 Å². The quantitative estimate of drug-likeness (QED) is 0.187. The van der Waals surface area contributed by atoms with Crippen LogP contribution in [-0.2, 0) is 17.8 Å². The summed E-state index contributed by atoms with van der Waals surface area (Å²) in [4.78, 5) is 44.6. The summed E-state index contributed by atoms with van der Waals surface area (Å²) in [6.07, 6.45) is 3.25. The van der Waals surface area contributed by atoms with Gasteiger partial charge in [0.1, 0.15) is 12.3 Å². The number of nitro benzene ring substituents is 1. The number of hydrogen-bond donors (Lipinski definition) is 1. The second-order valence-electron chi connectivity index (χ2n) is 9.76. The van der Waals surface area contributed by atoms with Crippen LogP contribution < -0.4 is 4.74 Å². The van der Waals surface area contributed by atoms with Gasteiger partial charge in [0.2, 0.25) is 5.91 Å². The molecule has 4 aromatic rings. The van der Waals surface area contributed by atoms with Gasteiger partial charge in [-0.05, 0) is 55.2 Å². The monoisotopic (exact) mass is 542 g/mol. The van der Waals surface area contributed by atoms with Crippen molar-refractivity contribution in [3.8, 4) is 5.75 Å². The van der Waals surface area contributed by atoms with Crippen LogP contribution in [0.5, 0.6) is 5.75 Å². The molecular formula is C31H34N4O5. The van der Waals surface area contributed by atoms with Gasteiger partial charge >= 0.3 is 0 Å². The van der Waals surface area contributed by atoms with Crippen molar-refractivity contribution < 1.29 is 19.2 Å². The number of fused-ring (bicyclic) bond motifs is 1. The minimum absolute atomic E-state index is 0.117. The lowest BCUT2D eigenvalue weighted by atomic mass is 10.1. The van der Waals surface area contributed by atoms with E-state index in [4.69, 9.17) is 4.74 Å². The molecule has 0 aliphatic heterocycles. The molecule has 9 nitrogen and oxygen atoms in total. The van der Waals surface area contributed by atoms with Crippen LogP contribution in [0, 0.1) is 17.0 Å². The van der Waals surface area contributed by atoms with Crippen LogP contribution in [0.2, 0.25) is 0 Å². The Balaban J connectivity index is 1.56. The van der Waals surface area contributed by atoms with Gasteiger partial charge in [-0.2, -0.15) is 0 Å². The van der Waals surface area contributed by atoms with E-state index >= 15 is 0 Å². The Bertz CT molecular complexity index is 1500. The SMILES string of the molecule is CCCN(CC(=O)N(CCc1c[nH]c2ccccc12)Cc1ccc(OC)cc1)C(=O)c1ccc(C)c([N+](=O)[O-])c1. The third-order valence-electron chi connectivity index (χ3n) is 6.97. The Kier molecular flexibility index (Phi) is 9.16. The van der Waals surface area contributed by atoms with E-state index in [2.05, 4.69) is 11.1 Å². The highest BCUT2D eigenvalue weighted by Crippen LogP contribution is 2.22. The van der Waals surface area contributed by atoms with Crippen molar-refractivity contribution >= 4 is 28.4 Å². The standard InChI is InChI=1S/C31H34N4O5/c1-4-16-34(31(37)24-12-9-22(2)29(18-24)35(38)39)21-30(36)33(20-23-10-13-26(40-3)14-11-23)17-15-25-19-32-28-8-6-5-7-27(25)28/h5-14,18-19,32H,4,15-17,20-21H2,1-3H3. The molecule has 0 unspecified atom stereocenters. The lowest BCUT2D eigenvalue weighted by Gasteiger charge is -2.28. The molecule has 40 heavy (non-hydrogen) atoms. The van der Waals surface area contributed by atoms with Crippen LogP contribution in [0.15, 0.2) is 72.9 Å². The molecule has 0 fully saturated rings. The lowest BCUT2D eigenvalue weighted by molar-refractivity contribution is -0.385. The maximum atomic E-state index is 13.7. The zero-order valence-electron chi connectivity index (χ0n) is 23.1. The Morgan fingerprint density at radius 3 is 2.45 bits per heavy atom. The summed E-state index contributed by atoms with van der Waals surface area (Å²) in [7, 11) is 1.61. The number of rotatable bonds is 12. The predicted octanol–water partition coefficient (Wildman–Crippen LogP) is 5.52. The third kappa shape index (κ3) is 6.66. The summed E-state index contributed by atoms with van der Waals surface area (Å²) in [5.74, 6) is 0.130. The first-order valence-corrected chi connectivity index (χ1v) is 13.3. The van der Waals surface area contributed by atoms with Gasteiger partial charge in [-0.1, -0.05) is 43.3 Å². The molecule has 0 aliphatic carbocycles. The van der Waals surface area contributed by atoms with E-state index < -0.39 is 10.8 Å². The summed E-state index contributed by atoms with van der Waals surface area (Å²) >= 11 is 0. The molecule has 0 radical (unpaired) electrons. The number of carbonyl (C=O) groups is 2. The summed E-state index contributed by atoms with van der Waals surface area (Å²) in [5.41, 5.74) is 3.64. The molecule has 9 heteroatoms. The number of nitrogens with zero attached hydrogens (tertiary/aromatic N) is 3. The van der Waals surface area contributed by atoms with E-state index in [-0.39, 0.29) is 23.7 Å². The van der Waals surface area contributed by atoms with E-state index in [0.717, 1.165) is 27.8 Å². The average Bonchev–Trinajstić information content (AvgIpc) is 3.38. The van der Waals surface area contributed by atoms with Crippen LogP contribution in [0.4, 0.5) is 5.69 Å². The second-order valence-corrected chi connectivity index (χ2v) is 9.76. The molecule has 3 aromatic carbocycles. The van der Waals surface area contributed by atoms with Crippen LogP contribution in [0.25, 0.3) is 10.9 Å². The summed E-state index contributed by atoms with van der Waals surface area (Å²) < 4.78 is 5.27. The number of amides is 2. The fourth-order valence-corrected chi connectivity index (χ4v) is 4.74. The topological polar surface area (TPSA) is 109 Å². The second kappa shape index (κ2) is 12.9. The van der Waals surface area contributed by atoms with E-state index in [1.165, 1.54) is 11.0 Å². The minimum atomic E-state index is -0.497. The third-order valence-corrected chi connectivity index (χ3v) is 6.97. The Morgan fingerprint density at radius 1 is 1.00 bits per heavy atom. The molecule has 0 saturated heterocycles. The number of methoxy groups -OCH3 is 1.